The molecule has 0 saturated carbocycles. The summed E-state index contributed by atoms with van der Waals surface area (Å²) in [7, 11) is 9.18. The van der Waals surface area contributed by atoms with Crippen molar-refractivity contribution in [1.82, 2.24) is 21.0 Å². The van der Waals surface area contributed by atoms with Crippen LogP contribution in [-0.2, 0) is 61.9 Å². The first-order valence-electron chi connectivity index (χ1n) is 31.5. The molecule has 20 atom stereocenters. The van der Waals surface area contributed by atoms with Gasteiger partial charge in [0.05, 0.1) is 116 Å². The lowest BCUT2D eigenvalue weighted by molar-refractivity contribution is -0.337. The smallest absolute Gasteiger partial charge is 0.411 e. The van der Waals surface area contributed by atoms with Crippen molar-refractivity contribution in [3.05, 3.63) is 49.8 Å². The molecule has 4 fully saturated rings. The minimum absolute atomic E-state index is 0.00423. The number of nitrogens with zero attached hydrogens (tertiary/aromatic N) is 1. The average molecular weight is 1550 g/mol. The van der Waals surface area contributed by atoms with Gasteiger partial charge >= 0.3 is 6.09 Å². The summed E-state index contributed by atoms with van der Waals surface area (Å²) in [5.41, 5.74) is 6.42. The second-order valence-electron chi connectivity index (χ2n) is 24.3. The average Bonchev–Trinajstić information content (AvgIpc) is 0.764. The summed E-state index contributed by atoms with van der Waals surface area (Å²) in [5, 5.41) is 81.5. The molecule has 0 aromatic heterocycles. The van der Waals surface area contributed by atoms with E-state index >= 15 is 0 Å². The van der Waals surface area contributed by atoms with Gasteiger partial charge in [-0.05, 0) is 88.8 Å². The number of rotatable bonds is 28. The van der Waals surface area contributed by atoms with Crippen molar-refractivity contribution in [2.45, 2.75) is 200 Å². The Hall–Kier alpha value is -4.43. The molecule has 3 amide bonds. The second kappa shape index (κ2) is 36.6. The van der Waals surface area contributed by atoms with E-state index < -0.39 is 156 Å². The normalized spacial score (nSPS) is 32.9. The molecule has 4 aliphatic heterocycles. The molecule has 1 aromatic carbocycles. The third-order valence-corrected chi connectivity index (χ3v) is 22.8. The summed E-state index contributed by atoms with van der Waals surface area (Å²) in [6, 6.07) is -1.81. The van der Waals surface area contributed by atoms with E-state index in [4.69, 9.17) is 67.4 Å². The van der Waals surface area contributed by atoms with Crippen molar-refractivity contribution in [3.63, 3.8) is 0 Å². The molecule has 4 saturated heterocycles. The molecule has 6 aliphatic rings. The van der Waals surface area contributed by atoms with Gasteiger partial charge in [0, 0.05) is 68.2 Å². The molecule has 30 nitrogen and oxygen atoms in total. The maximum atomic E-state index is 14.5. The Bertz CT molecular complexity index is 3210. The molecule has 0 radical (unpaired) electrons. The van der Waals surface area contributed by atoms with Crippen LogP contribution >= 0.6 is 55.9 Å². The van der Waals surface area contributed by atoms with Gasteiger partial charge in [0.2, 0.25) is 29.0 Å². The summed E-state index contributed by atoms with van der Waals surface area (Å²) < 4.78 is 72.2. The van der Waals surface area contributed by atoms with Crippen LogP contribution in [0.4, 0.5) is 4.79 Å². The number of ketones is 1. The monoisotopic (exact) mass is 1550 g/mol. The number of likely N-dealkylation sites (N-methyl/N-ethyl adjacent to an activating group) is 1. The molecule has 0 spiro atoms. The van der Waals surface area contributed by atoms with E-state index in [0.717, 1.165) is 18.9 Å². The number of Topliss-reactive ketones (excluding diaryl/α,β-unsaturated/α-hetero) is 1. The fraction of sp³-hybridized carbons (Fsp3) is 0.672. The number of alkyl carbamates (subject to hydrolysis) is 1. The van der Waals surface area contributed by atoms with Crippen LogP contribution in [0.25, 0.3) is 0 Å². The van der Waals surface area contributed by atoms with Gasteiger partial charge in [-0.15, -0.1) is 0 Å². The van der Waals surface area contributed by atoms with Gasteiger partial charge in [0.15, 0.2) is 41.8 Å². The van der Waals surface area contributed by atoms with Gasteiger partial charge in [-0.25, -0.2) is 4.79 Å². The highest BCUT2D eigenvalue weighted by Gasteiger charge is 2.53. The van der Waals surface area contributed by atoms with Crippen LogP contribution in [0.3, 0.4) is 0 Å². The van der Waals surface area contributed by atoms with Crippen LogP contribution in [0.15, 0.2) is 35.1 Å². The largest absolute Gasteiger partial charge is 0.492 e. The summed E-state index contributed by atoms with van der Waals surface area (Å²) in [4.78, 5) is 75.6. The Kier molecular flexibility index (Phi) is 30.2. The van der Waals surface area contributed by atoms with E-state index in [1.807, 2.05) is 36.4 Å². The van der Waals surface area contributed by atoms with Crippen molar-refractivity contribution in [1.29, 1.82) is 0 Å². The Morgan fingerprint density at radius 2 is 1.61 bits per heavy atom. The molecule has 2 aliphatic carbocycles. The number of carbonyl (C=O) groups is 5. The number of halogens is 1. The van der Waals surface area contributed by atoms with Crippen LogP contribution in [0, 0.1) is 34.2 Å². The zero-order valence-electron chi connectivity index (χ0n) is 56.4. The van der Waals surface area contributed by atoms with Gasteiger partial charge in [0.1, 0.15) is 36.6 Å². The number of hydroxylamine groups is 1. The third kappa shape index (κ3) is 19.4. The number of aliphatic hydroxyl groups excluding tert-OH is 6. The highest BCUT2D eigenvalue weighted by Crippen LogP contribution is 2.49. The van der Waals surface area contributed by atoms with Gasteiger partial charge < -0.3 is 109 Å². The number of allylic oxidation sites excluding steroid dienone is 3. The number of nitrogens with two attached hydrogens (primary N) is 1. The minimum Gasteiger partial charge on any atom is -0.492 e. The van der Waals surface area contributed by atoms with Crippen LogP contribution < -0.4 is 36.1 Å². The first-order valence-corrected chi connectivity index (χ1v) is 35.8. The van der Waals surface area contributed by atoms with E-state index in [1.54, 1.807) is 40.7 Å². The Morgan fingerprint density at radius 3 is 2.26 bits per heavy atom. The van der Waals surface area contributed by atoms with Crippen LogP contribution in [0.5, 0.6) is 17.2 Å². The van der Waals surface area contributed by atoms with E-state index in [-0.39, 0.29) is 103 Å². The maximum Gasteiger partial charge on any atom is 0.411 e. The zero-order chi connectivity index (χ0) is 72.1. The number of carbonyl (C=O) groups excluding carboxylic acids is 5. The van der Waals surface area contributed by atoms with Gasteiger partial charge in [-0.3, -0.25) is 29.3 Å². The predicted octanol–water partition coefficient (Wildman–Crippen LogP) is 0.755. The number of fused-ring (bicyclic) bond motifs is 2. The zero-order valence-corrected chi connectivity index (χ0v) is 61.0. The molecular weight excluding hydrogens is 1460 g/mol. The Balaban J connectivity index is 1.15. The van der Waals surface area contributed by atoms with E-state index in [0.29, 0.717) is 9.13 Å². The number of thioether (sulfide) groups is 1. The van der Waals surface area contributed by atoms with E-state index in [9.17, 15) is 59.7 Å². The van der Waals surface area contributed by atoms with Crippen LogP contribution in [0.2, 0.25) is 0 Å². The summed E-state index contributed by atoms with van der Waals surface area (Å²) >= 11 is 2.77. The fourth-order valence-electron chi connectivity index (χ4n) is 11.9. The third-order valence-electron chi connectivity index (χ3n) is 17.0. The highest BCUT2D eigenvalue weighted by molar-refractivity contribution is 14.1. The number of ether oxygens (including phenoxy) is 12. The maximum absolute atomic E-state index is 14.5. The molecule has 98 heavy (non-hydrogen) atoms. The number of hydrogen-bond donors (Lipinski definition) is 11. The quantitative estimate of drug-likeness (QED) is 0.0181. The molecule has 4 heterocycles. The van der Waals surface area contributed by atoms with Crippen molar-refractivity contribution in [2.24, 2.45) is 5.73 Å². The number of methoxy groups -OCH3 is 5. The summed E-state index contributed by atoms with van der Waals surface area (Å²) in [6.45, 7) is 11.1. The van der Waals surface area contributed by atoms with Gasteiger partial charge in [-0.1, -0.05) is 63.1 Å². The lowest BCUT2D eigenvalue weighted by atomic mass is 9.75. The van der Waals surface area contributed by atoms with Crippen molar-refractivity contribution < 1.29 is 121 Å². The number of amides is 3. The molecule has 7 rings (SSSR count). The van der Waals surface area contributed by atoms with Crippen molar-refractivity contribution in [2.75, 3.05) is 74.1 Å². The summed E-state index contributed by atoms with van der Waals surface area (Å²) in [6.07, 6.45) is -17.2. The first-order chi connectivity index (χ1) is 46.5. The van der Waals surface area contributed by atoms with Crippen LogP contribution in [-0.4, -0.2) is 270 Å². The standard InChI is InChI=1S/C64H90IN5O25S3/c1-13-70(42(76)26-66)36-29-88-43(23-40(36)83-8)93-56-51(78)48(69-95-44-22-37(73)58(33(5)89-44)97-59(80)45-30(2)47(65)54(57(86-11)53(45)84-9)94-60-52(79)55(85-10)50(77)32(4)91-60)31(3)90-61(56)92-39-18-16-14-15-17-20-64(82)24-38(74)49(68-62(81)87-12)46(39)35(64)19-21-96-98-63(6,7)25-41(75)67-27-34(72)28-71/h14-15,19,31-34,36-37,39-40,43-44,48,50-52,55-56,58,60-61,69,71-73,77-79,82H,13,21-29,66H2,1-12H3,(H,67,75)(H,68,81)/b15-14-,35-19+/t31?,32?,33?,34?,36?,37?,39-,40?,43?,44?,48?,50?,51?,52?,55?,56?,58?,60?,61?,64-/m0/s1. The molecule has 34 heteroatoms. The second-order valence-corrected chi connectivity index (χ2v) is 29.6. The van der Waals surface area contributed by atoms with Crippen LogP contribution in [0.1, 0.15) is 83.1 Å². The molecule has 18 unspecified atom stereocenters. The molecule has 546 valence electrons. The molecule has 2 bridgehead atoms. The molecule has 12 N–H and O–H groups in total. The van der Waals surface area contributed by atoms with E-state index in [2.05, 4.69) is 39.8 Å². The SMILES string of the molecule is CCN(C(=O)CN)C1COC(OC2C(O[C@H]3C#C/C=C\C#C[C@]4(O)CC(=O)C(NC(=O)OC)=C3/C4=C\CSSC(C)(C)CC(=O)NCC(O)CO)OC(C)C(NOC3CC(O)C(SC(=O)c4c(C)c(I)c(OC5OC(C)C(O)C(OC)C5O)c(OC)c4OC)C(C)O3)C2O)CC1OC. The Morgan fingerprint density at radius 1 is 0.908 bits per heavy atom. The van der Waals surface area contributed by atoms with Crippen molar-refractivity contribution >= 4 is 84.7 Å². The first kappa shape index (κ1) is 80.9. The number of benzene rings is 1. The van der Waals surface area contributed by atoms with Gasteiger partial charge in [0.25, 0.3) is 0 Å². The summed E-state index contributed by atoms with van der Waals surface area (Å²) in [5.74, 6) is 10.0. The molecule has 1 aromatic rings. The number of nitrogens with one attached hydrogen (secondary N) is 3. The fourth-order valence-corrected chi connectivity index (χ4v) is 16.1. The predicted molar refractivity (Wildman–Crippen MR) is 364 cm³/mol. The lowest BCUT2D eigenvalue weighted by Crippen LogP contribution is -2.65. The van der Waals surface area contributed by atoms with Crippen molar-refractivity contribution in [3.8, 4) is 40.9 Å². The topological polar surface area (TPSA) is 412 Å². The Labute approximate surface area is 594 Å². The molecular formula is C64H90IN5O25S3. The van der Waals surface area contributed by atoms with E-state index in [1.165, 1.54) is 67.1 Å². The minimum atomic E-state index is -2.23. The van der Waals surface area contributed by atoms with Gasteiger partial charge in [-0.2, -0.15) is 5.48 Å². The number of aliphatic hydroxyl groups is 7. The number of hydrogen-bond acceptors (Lipinski definition) is 30. The lowest BCUT2D eigenvalue weighted by Gasteiger charge is -2.47. The highest BCUT2D eigenvalue weighted by atomic mass is 127.